The van der Waals surface area contributed by atoms with Crippen molar-refractivity contribution < 1.29 is 0 Å². The zero-order chi connectivity index (χ0) is 10.1. The Morgan fingerprint density at radius 1 is 1.15 bits per heavy atom. The van der Waals surface area contributed by atoms with Gasteiger partial charge in [0.15, 0.2) is 0 Å². The zero-order valence-corrected chi connectivity index (χ0v) is 8.58. The van der Waals surface area contributed by atoms with Crippen molar-refractivity contribution in [1.82, 2.24) is 20.7 Å². The molecule has 0 aliphatic carbocycles. The van der Waals surface area contributed by atoms with Crippen molar-refractivity contribution in [3.63, 3.8) is 0 Å². The Bertz CT molecular complexity index is 147. The number of nitrogens with zero attached hydrogens (tertiary/aromatic N) is 2. The maximum absolute atomic E-state index is 3.60. The zero-order valence-electron chi connectivity index (χ0n) is 8.58. The van der Waals surface area contributed by atoms with Crippen LogP contribution in [0.5, 0.6) is 0 Å². The number of hydrazine groups is 1. The van der Waals surface area contributed by atoms with Crippen LogP contribution in [0.3, 0.4) is 0 Å². The molecule has 0 radical (unpaired) electrons. The van der Waals surface area contributed by atoms with Crippen LogP contribution in [0.2, 0.25) is 0 Å². The lowest BCUT2D eigenvalue weighted by atomic mass is 10.7. The third-order valence-electron chi connectivity index (χ3n) is 1.73. The Morgan fingerprint density at radius 3 is 2.15 bits per heavy atom. The van der Waals surface area contributed by atoms with Crippen LogP contribution in [0, 0.1) is 0 Å². The van der Waals surface area contributed by atoms with E-state index in [9.17, 15) is 0 Å². The third kappa shape index (κ3) is 5.27. The largest absolute Gasteiger partial charge is 0.378 e. The summed E-state index contributed by atoms with van der Waals surface area (Å²) < 4.78 is 0. The van der Waals surface area contributed by atoms with Gasteiger partial charge in [0.25, 0.3) is 0 Å². The summed E-state index contributed by atoms with van der Waals surface area (Å²) in [5, 5.41) is 10.3. The Balaban J connectivity index is 3.75. The summed E-state index contributed by atoms with van der Waals surface area (Å²) >= 11 is 0. The van der Waals surface area contributed by atoms with Gasteiger partial charge in [0.05, 0.1) is 13.3 Å². The van der Waals surface area contributed by atoms with Crippen molar-refractivity contribution in [2.75, 3.05) is 26.9 Å². The van der Waals surface area contributed by atoms with E-state index < -0.39 is 0 Å². The summed E-state index contributed by atoms with van der Waals surface area (Å²) in [4.78, 5) is 0. The van der Waals surface area contributed by atoms with Gasteiger partial charge in [-0.25, -0.2) is 10.0 Å². The normalized spacial score (nSPS) is 10.2. The maximum atomic E-state index is 3.60. The van der Waals surface area contributed by atoms with Crippen LogP contribution in [0.15, 0.2) is 25.6 Å². The molecule has 2 N–H and O–H groups in total. The van der Waals surface area contributed by atoms with Gasteiger partial charge in [-0.1, -0.05) is 20.1 Å². The van der Waals surface area contributed by atoms with Gasteiger partial charge in [0.2, 0.25) is 0 Å². The second-order valence-corrected chi connectivity index (χ2v) is 2.61. The molecule has 13 heavy (non-hydrogen) atoms. The minimum absolute atomic E-state index is 0.760. The van der Waals surface area contributed by atoms with Crippen molar-refractivity contribution >= 4 is 0 Å². The van der Waals surface area contributed by atoms with Gasteiger partial charge in [0.1, 0.15) is 0 Å². The van der Waals surface area contributed by atoms with Gasteiger partial charge < -0.3 is 10.6 Å². The molecule has 0 unspecified atom stereocenters. The fourth-order valence-corrected chi connectivity index (χ4v) is 0.941. The van der Waals surface area contributed by atoms with E-state index in [0.29, 0.717) is 0 Å². The molecule has 0 heterocycles. The molecule has 0 fully saturated rings. The summed E-state index contributed by atoms with van der Waals surface area (Å²) in [5.41, 5.74) is 0. The molecule has 0 bridgehead atoms. The molecule has 76 valence electrons. The smallest absolute Gasteiger partial charge is 0.0809 e. The van der Waals surface area contributed by atoms with Gasteiger partial charge in [-0.15, -0.1) is 0 Å². The molecule has 0 rings (SSSR count). The molecular weight excluding hydrogens is 164 g/mol. The molecular formula is C9H20N4. The predicted molar refractivity (Wildman–Crippen MR) is 56.5 cm³/mol. The first-order valence-electron chi connectivity index (χ1n) is 4.40. The fraction of sp³-hybridized carbons (Fsp3) is 0.556. The first-order chi connectivity index (χ1) is 6.26. The van der Waals surface area contributed by atoms with E-state index in [1.165, 1.54) is 0 Å². The first kappa shape index (κ1) is 12.0. The van der Waals surface area contributed by atoms with Crippen LogP contribution in [0.4, 0.5) is 0 Å². The Morgan fingerprint density at radius 2 is 1.69 bits per heavy atom. The highest BCUT2D eigenvalue weighted by atomic mass is 15.6. The summed E-state index contributed by atoms with van der Waals surface area (Å²) in [6.07, 6.45) is 3.38. The Labute approximate surface area is 80.9 Å². The molecule has 0 spiro atoms. The van der Waals surface area contributed by atoms with Gasteiger partial charge in [-0.2, -0.15) is 0 Å². The highest BCUT2D eigenvalue weighted by molar-refractivity contribution is 4.64. The molecule has 0 saturated heterocycles. The second-order valence-electron chi connectivity index (χ2n) is 2.61. The van der Waals surface area contributed by atoms with Crippen molar-refractivity contribution in [2.45, 2.75) is 6.92 Å². The molecule has 0 atom stereocenters. The monoisotopic (exact) mass is 184 g/mol. The molecule has 0 aliphatic heterocycles. The standard InChI is InChI=1S/C9H20N4/c1-5-10-8-12(4)13(7-3)9-11-6-2/h5-6,10-11H,1-2,7-9H2,3-4H3. The fourth-order valence-electron chi connectivity index (χ4n) is 0.941. The minimum atomic E-state index is 0.760. The van der Waals surface area contributed by atoms with Gasteiger partial charge in [-0.05, 0) is 12.4 Å². The molecule has 0 aromatic rings. The summed E-state index contributed by atoms with van der Waals surface area (Å²) in [6.45, 7) is 11.8. The van der Waals surface area contributed by atoms with E-state index in [1.54, 1.807) is 12.4 Å². The SMILES string of the molecule is C=CNCN(C)N(CC)CNC=C. The quantitative estimate of drug-likeness (QED) is 0.426. The van der Waals surface area contributed by atoms with Crippen LogP contribution in [0.1, 0.15) is 6.92 Å². The highest BCUT2D eigenvalue weighted by Crippen LogP contribution is 1.90. The maximum Gasteiger partial charge on any atom is 0.0809 e. The third-order valence-corrected chi connectivity index (χ3v) is 1.73. The topological polar surface area (TPSA) is 30.5 Å². The number of nitrogens with one attached hydrogen (secondary N) is 2. The van der Waals surface area contributed by atoms with Crippen LogP contribution >= 0.6 is 0 Å². The predicted octanol–water partition coefficient (Wildman–Crippen LogP) is 0.536. The second kappa shape index (κ2) is 7.64. The summed E-state index contributed by atoms with van der Waals surface area (Å²) in [7, 11) is 2.02. The van der Waals surface area contributed by atoms with Crippen molar-refractivity contribution in [3.05, 3.63) is 25.6 Å². The Hall–Kier alpha value is -1.00. The van der Waals surface area contributed by atoms with E-state index in [0.717, 1.165) is 19.9 Å². The van der Waals surface area contributed by atoms with E-state index in [4.69, 9.17) is 0 Å². The van der Waals surface area contributed by atoms with Gasteiger partial charge in [0, 0.05) is 13.6 Å². The minimum Gasteiger partial charge on any atom is -0.378 e. The van der Waals surface area contributed by atoms with Gasteiger partial charge >= 0.3 is 0 Å². The molecule has 4 nitrogen and oxygen atoms in total. The number of rotatable bonds is 8. The lowest BCUT2D eigenvalue weighted by Gasteiger charge is -2.30. The Kier molecular flexibility index (Phi) is 7.05. The van der Waals surface area contributed by atoms with Crippen molar-refractivity contribution in [1.29, 1.82) is 0 Å². The van der Waals surface area contributed by atoms with E-state index >= 15 is 0 Å². The molecule has 4 heteroatoms. The molecule has 0 saturated carbocycles. The molecule has 0 amide bonds. The molecule has 0 aromatic heterocycles. The van der Waals surface area contributed by atoms with Gasteiger partial charge in [-0.3, -0.25) is 0 Å². The highest BCUT2D eigenvalue weighted by Gasteiger charge is 2.05. The van der Waals surface area contributed by atoms with E-state index in [2.05, 4.69) is 40.7 Å². The van der Waals surface area contributed by atoms with E-state index in [-0.39, 0.29) is 0 Å². The lowest BCUT2D eigenvalue weighted by Crippen LogP contribution is -2.46. The average molecular weight is 184 g/mol. The average Bonchev–Trinajstić information content (AvgIpc) is 2.16. The number of hydrogen-bond donors (Lipinski definition) is 2. The van der Waals surface area contributed by atoms with Crippen LogP contribution in [-0.4, -0.2) is 36.9 Å². The molecule has 0 aromatic carbocycles. The summed E-state index contributed by atoms with van der Waals surface area (Å²) in [5.74, 6) is 0. The van der Waals surface area contributed by atoms with Crippen LogP contribution < -0.4 is 10.6 Å². The van der Waals surface area contributed by atoms with Crippen molar-refractivity contribution in [2.24, 2.45) is 0 Å². The van der Waals surface area contributed by atoms with Crippen LogP contribution in [0.25, 0.3) is 0 Å². The lowest BCUT2D eigenvalue weighted by molar-refractivity contribution is -0.00307. The van der Waals surface area contributed by atoms with Crippen molar-refractivity contribution in [3.8, 4) is 0 Å². The first-order valence-corrected chi connectivity index (χ1v) is 4.40. The molecule has 0 aliphatic rings. The van der Waals surface area contributed by atoms with Crippen LogP contribution in [-0.2, 0) is 0 Å². The van der Waals surface area contributed by atoms with E-state index in [1.807, 2.05) is 7.05 Å². The summed E-state index contributed by atoms with van der Waals surface area (Å²) in [6, 6.07) is 0. The number of hydrogen-bond acceptors (Lipinski definition) is 4.